The van der Waals surface area contributed by atoms with Gasteiger partial charge in [0.05, 0.1) is 12.1 Å². The summed E-state index contributed by atoms with van der Waals surface area (Å²) in [6.45, 7) is 1.43. The molecule has 170 valence electrons. The molecule has 0 aromatic heterocycles. The van der Waals surface area contributed by atoms with Gasteiger partial charge in [-0.15, -0.1) is 0 Å². The van der Waals surface area contributed by atoms with Gasteiger partial charge in [0.15, 0.2) is 0 Å². The van der Waals surface area contributed by atoms with Crippen molar-refractivity contribution in [2.24, 2.45) is 5.73 Å². The number of amides is 4. The van der Waals surface area contributed by atoms with Crippen molar-refractivity contribution < 1.29 is 14.4 Å². The van der Waals surface area contributed by atoms with Crippen LogP contribution in [-0.2, 0) is 11.3 Å². The summed E-state index contributed by atoms with van der Waals surface area (Å²) in [5.41, 5.74) is 7.20. The molecule has 0 saturated carbocycles. The largest absolute Gasteiger partial charge is 0.344 e. The summed E-state index contributed by atoms with van der Waals surface area (Å²) in [6, 6.07) is 7.69. The van der Waals surface area contributed by atoms with Crippen LogP contribution in [0.4, 0.5) is 4.79 Å². The van der Waals surface area contributed by atoms with Crippen molar-refractivity contribution in [3.8, 4) is 0 Å². The number of likely N-dealkylation sites (N-methyl/N-ethyl adjacent to an activating group) is 2. The minimum absolute atomic E-state index is 0.0619. The van der Waals surface area contributed by atoms with E-state index in [1.807, 2.05) is 23.9 Å². The number of thioether (sulfide) groups is 1. The highest BCUT2D eigenvalue weighted by Crippen LogP contribution is 2.33. The SMILES string of the molecule is CN(CCN(C)C(=O)c1ccc(CN)cc1)C(=O)CCCC[C@H]1SC[C@H]2NC(=O)N[C@H]21. The molecule has 4 N–H and O–H groups in total. The van der Waals surface area contributed by atoms with Crippen LogP contribution in [0.2, 0.25) is 0 Å². The van der Waals surface area contributed by atoms with Crippen LogP contribution < -0.4 is 16.4 Å². The van der Waals surface area contributed by atoms with Crippen LogP contribution in [0.5, 0.6) is 0 Å². The fourth-order valence-electron chi connectivity index (χ4n) is 3.99. The van der Waals surface area contributed by atoms with E-state index in [0.29, 0.717) is 36.9 Å². The van der Waals surface area contributed by atoms with Gasteiger partial charge in [0, 0.05) is 56.7 Å². The zero-order valence-corrected chi connectivity index (χ0v) is 19.1. The first kappa shape index (κ1) is 23.4. The number of carbonyl (C=O) groups is 3. The Balaban J connectivity index is 1.32. The molecule has 2 saturated heterocycles. The van der Waals surface area contributed by atoms with Crippen molar-refractivity contribution in [3.05, 3.63) is 35.4 Å². The number of fused-ring (bicyclic) bond motifs is 1. The Bertz CT molecular complexity index is 788. The summed E-state index contributed by atoms with van der Waals surface area (Å²) >= 11 is 1.90. The molecule has 1 aromatic carbocycles. The number of hydrogen-bond donors (Lipinski definition) is 3. The number of nitrogens with two attached hydrogens (primary N) is 1. The lowest BCUT2D eigenvalue weighted by Crippen LogP contribution is -2.37. The van der Waals surface area contributed by atoms with Crippen molar-refractivity contribution in [2.45, 2.75) is 49.6 Å². The third kappa shape index (κ3) is 6.13. The van der Waals surface area contributed by atoms with Crippen molar-refractivity contribution in [3.63, 3.8) is 0 Å². The lowest BCUT2D eigenvalue weighted by atomic mass is 10.0. The van der Waals surface area contributed by atoms with E-state index >= 15 is 0 Å². The summed E-state index contributed by atoms with van der Waals surface area (Å²) in [5.74, 6) is 0.991. The van der Waals surface area contributed by atoms with Crippen molar-refractivity contribution >= 4 is 29.6 Å². The van der Waals surface area contributed by atoms with E-state index in [0.717, 1.165) is 30.6 Å². The summed E-state index contributed by atoms with van der Waals surface area (Å²) in [7, 11) is 3.54. The number of nitrogens with zero attached hydrogens (tertiary/aromatic N) is 2. The highest BCUT2D eigenvalue weighted by molar-refractivity contribution is 8.00. The smallest absolute Gasteiger partial charge is 0.315 e. The number of urea groups is 1. The second-order valence-corrected chi connectivity index (χ2v) is 9.58. The Kier molecular flexibility index (Phi) is 8.20. The predicted molar refractivity (Wildman–Crippen MR) is 123 cm³/mol. The van der Waals surface area contributed by atoms with Gasteiger partial charge in [-0.05, 0) is 30.5 Å². The molecule has 2 heterocycles. The summed E-state index contributed by atoms with van der Waals surface area (Å²) < 4.78 is 0. The van der Waals surface area contributed by atoms with Crippen molar-refractivity contribution in [2.75, 3.05) is 32.9 Å². The molecular weight excluding hydrogens is 414 g/mol. The summed E-state index contributed by atoms with van der Waals surface area (Å²) in [6.07, 6.45) is 3.31. The molecule has 2 aliphatic heterocycles. The second-order valence-electron chi connectivity index (χ2n) is 8.31. The molecule has 9 heteroatoms. The minimum atomic E-state index is -0.0646. The Labute approximate surface area is 188 Å². The van der Waals surface area contributed by atoms with Crippen LogP contribution in [0.15, 0.2) is 24.3 Å². The fraction of sp³-hybridized carbons (Fsp3) is 0.591. The number of hydrogen-bond acceptors (Lipinski definition) is 5. The molecule has 0 radical (unpaired) electrons. The lowest BCUT2D eigenvalue weighted by Gasteiger charge is -2.23. The van der Waals surface area contributed by atoms with Crippen LogP contribution in [0.1, 0.15) is 41.6 Å². The van der Waals surface area contributed by atoms with Gasteiger partial charge in [0.2, 0.25) is 5.91 Å². The van der Waals surface area contributed by atoms with Crippen LogP contribution >= 0.6 is 11.8 Å². The van der Waals surface area contributed by atoms with Gasteiger partial charge in [-0.1, -0.05) is 18.6 Å². The first-order chi connectivity index (χ1) is 14.9. The molecule has 2 aliphatic rings. The zero-order chi connectivity index (χ0) is 22.4. The zero-order valence-electron chi connectivity index (χ0n) is 18.3. The van der Waals surface area contributed by atoms with Crippen molar-refractivity contribution in [1.82, 2.24) is 20.4 Å². The molecular formula is C22H33N5O3S. The van der Waals surface area contributed by atoms with Crippen LogP contribution in [0, 0.1) is 0 Å². The van der Waals surface area contributed by atoms with Gasteiger partial charge in [-0.2, -0.15) is 11.8 Å². The van der Waals surface area contributed by atoms with Crippen LogP contribution in [-0.4, -0.2) is 77.9 Å². The van der Waals surface area contributed by atoms with E-state index in [2.05, 4.69) is 10.6 Å². The monoisotopic (exact) mass is 447 g/mol. The number of carbonyl (C=O) groups excluding carboxylic acids is 3. The fourth-order valence-corrected chi connectivity index (χ4v) is 5.53. The molecule has 3 atom stereocenters. The maximum atomic E-state index is 12.5. The van der Waals surface area contributed by atoms with Crippen LogP contribution in [0.3, 0.4) is 0 Å². The number of rotatable bonds is 10. The van der Waals surface area contributed by atoms with Gasteiger partial charge in [-0.25, -0.2) is 4.79 Å². The molecule has 3 rings (SSSR count). The standard InChI is InChI=1S/C22H33N5O3S/c1-26(11-12-27(2)21(29)16-9-7-15(13-23)8-10-16)19(28)6-4-3-5-18-20-17(14-31-18)24-22(30)25-20/h7-10,17-18,20H,3-6,11-14,23H2,1-2H3,(H2,24,25,30)/t17-,18-,20-/m1/s1. The van der Waals surface area contributed by atoms with Gasteiger partial charge in [-0.3, -0.25) is 9.59 Å². The first-order valence-corrected chi connectivity index (χ1v) is 11.9. The van der Waals surface area contributed by atoms with E-state index in [1.54, 1.807) is 36.0 Å². The van der Waals surface area contributed by atoms with E-state index < -0.39 is 0 Å². The van der Waals surface area contributed by atoms with Gasteiger partial charge < -0.3 is 26.2 Å². The van der Waals surface area contributed by atoms with E-state index in [4.69, 9.17) is 5.73 Å². The second kappa shape index (κ2) is 10.9. The van der Waals surface area contributed by atoms with Crippen molar-refractivity contribution in [1.29, 1.82) is 0 Å². The maximum absolute atomic E-state index is 12.5. The molecule has 31 heavy (non-hydrogen) atoms. The Morgan fingerprint density at radius 1 is 1.10 bits per heavy atom. The van der Waals surface area contributed by atoms with E-state index in [1.165, 1.54) is 0 Å². The van der Waals surface area contributed by atoms with Crippen LogP contribution in [0.25, 0.3) is 0 Å². The quantitative estimate of drug-likeness (QED) is 0.371. The van der Waals surface area contributed by atoms with E-state index in [-0.39, 0.29) is 29.9 Å². The molecule has 8 nitrogen and oxygen atoms in total. The van der Waals surface area contributed by atoms with Gasteiger partial charge in [0.1, 0.15) is 0 Å². The normalized spacial score (nSPS) is 21.9. The number of nitrogens with one attached hydrogen (secondary N) is 2. The summed E-state index contributed by atoms with van der Waals surface area (Å²) in [5, 5.41) is 6.38. The first-order valence-electron chi connectivity index (χ1n) is 10.9. The van der Waals surface area contributed by atoms with Gasteiger partial charge >= 0.3 is 6.03 Å². The average Bonchev–Trinajstić information content (AvgIpc) is 3.33. The molecule has 0 spiro atoms. The van der Waals surface area contributed by atoms with Gasteiger partial charge in [0.25, 0.3) is 5.91 Å². The van der Waals surface area contributed by atoms with E-state index in [9.17, 15) is 14.4 Å². The predicted octanol–water partition coefficient (Wildman–Crippen LogP) is 1.40. The molecule has 2 fully saturated rings. The summed E-state index contributed by atoms with van der Waals surface area (Å²) in [4.78, 5) is 39.7. The topological polar surface area (TPSA) is 108 Å². The molecule has 0 aliphatic carbocycles. The number of benzene rings is 1. The minimum Gasteiger partial charge on any atom is -0.344 e. The molecule has 1 aromatic rings. The highest BCUT2D eigenvalue weighted by Gasteiger charge is 2.42. The average molecular weight is 448 g/mol. The third-order valence-corrected chi connectivity index (χ3v) is 7.56. The molecule has 0 unspecified atom stereocenters. The molecule has 0 bridgehead atoms. The Morgan fingerprint density at radius 2 is 1.81 bits per heavy atom. The Hall–Kier alpha value is -2.26. The third-order valence-electron chi connectivity index (χ3n) is 6.05. The lowest BCUT2D eigenvalue weighted by molar-refractivity contribution is -0.130. The molecule has 4 amide bonds. The highest BCUT2D eigenvalue weighted by atomic mass is 32.2. The Morgan fingerprint density at radius 3 is 2.52 bits per heavy atom. The number of unbranched alkanes of at least 4 members (excludes halogenated alkanes) is 1. The maximum Gasteiger partial charge on any atom is 0.315 e.